The summed E-state index contributed by atoms with van der Waals surface area (Å²) in [6.07, 6.45) is 0.763. The van der Waals surface area contributed by atoms with Crippen molar-refractivity contribution < 1.29 is 12.9 Å². The van der Waals surface area contributed by atoms with Gasteiger partial charge in [-0.15, -0.1) is 0 Å². The molecule has 8 heteroatoms. The molecule has 0 aliphatic heterocycles. The van der Waals surface area contributed by atoms with Crippen molar-refractivity contribution in [2.45, 2.75) is 38.6 Å². The Balaban J connectivity index is 2.14. The van der Waals surface area contributed by atoms with Gasteiger partial charge in [-0.1, -0.05) is 25.1 Å². The molecule has 2 aromatic rings. The lowest BCUT2D eigenvalue weighted by molar-refractivity contribution is 0.375. The van der Waals surface area contributed by atoms with Gasteiger partial charge >= 0.3 is 0 Å². The summed E-state index contributed by atoms with van der Waals surface area (Å²) in [5.41, 5.74) is 1.66. The van der Waals surface area contributed by atoms with Gasteiger partial charge in [0, 0.05) is 26.2 Å². The molecule has 1 aromatic carbocycles. The van der Waals surface area contributed by atoms with Gasteiger partial charge in [0.05, 0.1) is 11.4 Å². The van der Waals surface area contributed by atoms with Crippen LogP contribution in [-0.2, 0) is 23.0 Å². The zero-order valence-electron chi connectivity index (χ0n) is 14.7. The Morgan fingerprint density at radius 2 is 2.00 bits per heavy atom. The van der Waals surface area contributed by atoms with Crippen LogP contribution in [-0.4, -0.2) is 37.0 Å². The number of nitrogens with one attached hydrogen (secondary N) is 1. The van der Waals surface area contributed by atoms with Crippen molar-refractivity contribution in [3.63, 3.8) is 0 Å². The average Bonchev–Trinajstić information content (AvgIpc) is 2.92. The van der Waals surface area contributed by atoms with Gasteiger partial charge in [0.25, 0.3) is 0 Å². The summed E-state index contributed by atoms with van der Waals surface area (Å²) in [7, 11) is -0.445. The molecule has 0 atom stereocenters. The molecular weight excluding hydrogens is 328 g/mol. The second-order valence-corrected chi connectivity index (χ2v) is 8.47. The predicted octanol–water partition coefficient (Wildman–Crippen LogP) is 2.44. The Labute approximate surface area is 143 Å². The number of aromatic nitrogens is 2. The fourth-order valence-corrected chi connectivity index (χ4v) is 3.07. The lowest BCUT2D eigenvalue weighted by Gasteiger charge is -2.14. The van der Waals surface area contributed by atoms with E-state index in [-0.39, 0.29) is 4.90 Å². The fraction of sp³-hybridized carbons (Fsp3) is 0.500. The summed E-state index contributed by atoms with van der Waals surface area (Å²) >= 11 is 0. The highest BCUT2D eigenvalue weighted by Gasteiger charge is 2.18. The van der Waals surface area contributed by atoms with Gasteiger partial charge in [-0.25, -0.2) is 12.7 Å². The van der Waals surface area contributed by atoms with Gasteiger partial charge in [0.15, 0.2) is 5.82 Å². The van der Waals surface area contributed by atoms with Gasteiger partial charge < -0.3 is 9.84 Å². The number of anilines is 1. The Morgan fingerprint density at radius 3 is 2.62 bits per heavy atom. The number of aryl methyl sites for hydroxylation is 1. The van der Waals surface area contributed by atoms with Gasteiger partial charge in [-0.3, -0.25) is 0 Å². The highest BCUT2D eigenvalue weighted by Crippen LogP contribution is 2.22. The molecule has 0 saturated carbocycles. The Morgan fingerprint density at radius 1 is 1.29 bits per heavy atom. The summed E-state index contributed by atoms with van der Waals surface area (Å²) in [6.45, 7) is 6.44. The summed E-state index contributed by atoms with van der Waals surface area (Å²) in [5, 5.41) is 7.11. The van der Waals surface area contributed by atoms with Crippen LogP contribution in [0.3, 0.4) is 0 Å². The minimum absolute atomic E-state index is 0.242. The largest absolute Gasteiger partial charge is 0.376 e. The zero-order chi connectivity index (χ0) is 17.9. The second-order valence-electron chi connectivity index (χ2n) is 6.32. The number of hydrogen-bond donors (Lipinski definition) is 1. The molecule has 1 heterocycles. The molecule has 0 amide bonds. The molecule has 1 aromatic heterocycles. The quantitative estimate of drug-likeness (QED) is 0.823. The van der Waals surface area contributed by atoms with Crippen LogP contribution in [0.2, 0.25) is 0 Å². The van der Waals surface area contributed by atoms with Crippen molar-refractivity contribution in [1.82, 2.24) is 14.4 Å². The molecule has 0 radical (unpaired) electrons. The minimum atomic E-state index is -3.47. The molecule has 0 aliphatic carbocycles. The molecule has 0 aliphatic rings. The third-order valence-corrected chi connectivity index (χ3v) is 5.33. The van der Waals surface area contributed by atoms with Crippen molar-refractivity contribution in [3.8, 4) is 0 Å². The van der Waals surface area contributed by atoms with Crippen molar-refractivity contribution in [1.29, 1.82) is 0 Å². The minimum Gasteiger partial charge on any atom is -0.376 e. The summed E-state index contributed by atoms with van der Waals surface area (Å²) in [5.74, 6) is 1.62. The van der Waals surface area contributed by atoms with E-state index in [0.29, 0.717) is 24.2 Å². The third-order valence-electron chi connectivity index (χ3n) is 3.52. The molecule has 2 rings (SSSR count). The molecule has 0 spiro atoms. The van der Waals surface area contributed by atoms with Crippen LogP contribution in [0.4, 0.5) is 5.69 Å². The molecule has 1 N–H and O–H groups in total. The first kappa shape index (κ1) is 18.4. The van der Waals surface area contributed by atoms with Crippen LogP contribution in [0.1, 0.15) is 31.1 Å². The maximum atomic E-state index is 12.2. The van der Waals surface area contributed by atoms with E-state index < -0.39 is 10.0 Å². The van der Waals surface area contributed by atoms with Gasteiger partial charge in [-0.05, 0) is 30.5 Å². The third kappa shape index (κ3) is 4.33. The van der Waals surface area contributed by atoms with Crippen molar-refractivity contribution >= 4 is 15.7 Å². The number of rotatable bonds is 7. The molecule has 0 saturated heterocycles. The first-order valence-corrected chi connectivity index (χ1v) is 9.22. The monoisotopic (exact) mass is 352 g/mol. The lowest BCUT2D eigenvalue weighted by atomic mass is 10.1. The smallest absolute Gasteiger partial charge is 0.245 e. The molecule has 0 bridgehead atoms. The number of nitrogens with zero attached hydrogens (tertiary/aromatic N) is 3. The van der Waals surface area contributed by atoms with Crippen LogP contribution >= 0.6 is 0 Å². The zero-order valence-corrected chi connectivity index (χ0v) is 15.5. The molecule has 24 heavy (non-hydrogen) atoms. The Hall–Kier alpha value is -1.93. The van der Waals surface area contributed by atoms with E-state index in [4.69, 9.17) is 4.52 Å². The normalized spacial score (nSPS) is 12.1. The van der Waals surface area contributed by atoms with Crippen LogP contribution in [0.25, 0.3) is 0 Å². The Kier molecular flexibility index (Phi) is 5.61. The number of hydrogen-bond acceptors (Lipinski definition) is 6. The van der Waals surface area contributed by atoms with E-state index in [1.807, 2.05) is 6.92 Å². The highest BCUT2D eigenvalue weighted by molar-refractivity contribution is 7.89. The molecular formula is C16H24N4O3S. The molecule has 132 valence electrons. The van der Waals surface area contributed by atoms with Crippen LogP contribution in [0.15, 0.2) is 27.6 Å². The lowest BCUT2D eigenvalue weighted by Crippen LogP contribution is -2.22. The van der Waals surface area contributed by atoms with E-state index in [1.54, 1.807) is 18.2 Å². The van der Waals surface area contributed by atoms with Crippen LogP contribution < -0.4 is 5.32 Å². The van der Waals surface area contributed by atoms with Crippen molar-refractivity contribution in [2.24, 2.45) is 5.92 Å². The number of benzene rings is 1. The summed E-state index contributed by atoms with van der Waals surface area (Å²) in [6, 6.07) is 5.00. The van der Waals surface area contributed by atoms with E-state index >= 15 is 0 Å². The van der Waals surface area contributed by atoms with E-state index in [2.05, 4.69) is 29.3 Å². The van der Waals surface area contributed by atoms with E-state index in [1.165, 1.54) is 18.4 Å². The standard InChI is InChI=1S/C16H24N4O3S/c1-11(2)8-15-18-16(23-19-15)10-17-14-9-13(7-6-12(14)3)24(21,22)20(4)5/h6-7,9,11,17H,8,10H2,1-5H3. The first-order valence-electron chi connectivity index (χ1n) is 7.78. The molecule has 0 unspecified atom stereocenters. The fourth-order valence-electron chi connectivity index (χ4n) is 2.14. The molecule has 7 nitrogen and oxygen atoms in total. The summed E-state index contributed by atoms with van der Waals surface area (Å²) in [4.78, 5) is 4.57. The van der Waals surface area contributed by atoms with Gasteiger partial charge in [0.2, 0.25) is 15.9 Å². The maximum Gasteiger partial charge on any atom is 0.245 e. The van der Waals surface area contributed by atoms with Gasteiger partial charge in [0.1, 0.15) is 0 Å². The van der Waals surface area contributed by atoms with E-state index in [9.17, 15) is 8.42 Å². The molecule has 0 fully saturated rings. The Bertz CT molecular complexity index is 797. The highest BCUT2D eigenvalue weighted by atomic mass is 32.2. The predicted molar refractivity (Wildman–Crippen MR) is 92.2 cm³/mol. The number of sulfonamides is 1. The van der Waals surface area contributed by atoms with Crippen LogP contribution in [0.5, 0.6) is 0 Å². The maximum absolute atomic E-state index is 12.2. The van der Waals surface area contributed by atoms with Crippen LogP contribution in [0, 0.1) is 12.8 Å². The summed E-state index contributed by atoms with van der Waals surface area (Å²) < 4.78 is 30.9. The van der Waals surface area contributed by atoms with Crippen molar-refractivity contribution in [3.05, 3.63) is 35.5 Å². The second kappa shape index (κ2) is 7.31. The van der Waals surface area contributed by atoms with Gasteiger partial charge in [-0.2, -0.15) is 4.98 Å². The topological polar surface area (TPSA) is 88.3 Å². The van der Waals surface area contributed by atoms with E-state index in [0.717, 1.165) is 17.7 Å². The average molecular weight is 352 g/mol. The van der Waals surface area contributed by atoms with Crippen molar-refractivity contribution in [2.75, 3.05) is 19.4 Å². The first-order chi connectivity index (χ1) is 11.2. The SMILES string of the molecule is Cc1ccc(S(=O)(=O)N(C)C)cc1NCc1nc(CC(C)C)no1.